The molecule has 0 aromatic heterocycles. The van der Waals surface area contributed by atoms with E-state index in [2.05, 4.69) is 39.8 Å². The predicted octanol–water partition coefficient (Wildman–Crippen LogP) is 1.91. The highest BCUT2D eigenvalue weighted by molar-refractivity contribution is 6.62. The van der Waals surface area contributed by atoms with Gasteiger partial charge in [0.1, 0.15) is 0 Å². The van der Waals surface area contributed by atoms with E-state index in [4.69, 9.17) is 15.0 Å². The van der Waals surface area contributed by atoms with Crippen molar-refractivity contribution in [3.8, 4) is 0 Å². The molecule has 0 amide bonds. The van der Waals surface area contributed by atoms with E-state index in [-0.39, 0.29) is 30.7 Å². The smallest absolute Gasteiger partial charge is 0.399 e. The fraction of sp³-hybridized carbons (Fsp3) is 0.571. The molecule has 3 nitrogen and oxygen atoms in total. The molecule has 1 saturated heterocycles. The lowest BCUT2D eigenvalue weighted by atomic mass is 9.78. The zero-order chi connectivity index (χ0) is 13.4. The van der Waals surface area contributed by atoms with E-state index < -0.39 is 0 Å². The van der Waals surface area contributed by atoms with E-state index in [9.17, 15) is 0 Å². The minimum Gasteiger partial charge on any atom is -0.399 e. The van der Waals surface area contributed by atoms with Crippen molar-refractivity contribution in [2.24, 2.45) is 5.73 Å². The van der Waals surface area contributed by atoms with Gasteiger partial charge in [0.25, 0.3) is 0 Å². The minimum absolute atomic E-state index is 0. The lowest BCUT2D eigenvalue weighted by Gasteiger charge is -2.32. The fourth-order valence-electron chi connectivity index (χ4n) is 2.04. The van der Waals surface area contributed by atoms with Gasteiger partial charge in [-0.2, -0.15) is 0 Å². The zero-order valence-electron chi connectivity index (χ0n) is 12.1. The van der Waals surface area contributed by atoms with Crippen LogP contribution >= 0.6 is 12.4 Å². The van der Waals surface area contributed by atoms with Crippen molar-refractivity contribution in [1.29, 1.82) is 0 Å². The molecule has 0 radical (unpaired) electrons. The summed E-state index contributed by atoms with van der Waals surface area (Å²) in [5.41, 5.74) is 7.30. The summed E-state index contributed by atoms with van der Waals surface area (Å²) in [4.78, 5) is 0. The molecule has 0 spiro atoms. The molecule has 106 valence electrons. The van der Waals surface area contributed by atoms with Crippen LogP contribution in [0.25, 0.3) is 0 Å². The Hall–Kier alpha value is -0.545. The van der Waals surface area contributed by atoms with E-state index in [1.54, 1.807) is 0 Å². The SMILES string of the molecule is CC1(C)OB(c2cccc(CCN)c2)OC1(C)C.Cl. The first-order valence-corrected chi connectivity index (χ1v) is 6.50. The van der Waals surface area contributed by atoms with E-state index in [0.29, 0.717) is 6.54 Å². The van der Waals surface area contributed by atoms with Crippen LogP contribution in [-0.4, -0.2) is 24.9 Å². The van der Waals surface area contributed by atoms with Gasteiger partial charge in [-0.3, -0.25) is 0 Å². The maximum atomic E-state index is 6.03. The first-order chi connectivity index (χ1) is 8.36. The number of halogens is 1. The van der Waals surface area contributed by atoms with Gasteiger partial charge < -0.3 is 15.0 Å². The number of benzene rings is 1. The average Bonchev–Trinajstić information content (AvgIpc) is 2.49. The van der Waals surface area contributed by atoms with E-state index in [1.165, 1.54) is 5.56 Å². The second-order valence-corrected chi connectivity index (χ2v) is 5.87. The lowest BCUT2D eigenvalue weighted by molar-refractivity contribution is 0.00578. The highest BCUT2D eigenvalue weighted by atomic mass is 35.5. The average molecular weight is 284 g/mol. The topological polar surface area (TPSA) is 44.5 Å². The third-order valence-corrected chi connectivity index (χ3v) is 3.91. The van der Waals surface area contributed by atoms with Crippen molar-refractivity contribution >= 4 is 25.0 Å². The Morgan fingerprint density at radius 3 is 2.21 bits per heavy atom. The van der Waals surface area contributed by atoms with Crippen molar-refractivity contribution in [2.75, 3.05) is 6.54 Å². The first kappa shape index (κ1) is 16.5. The number of nitrogens with two attached hydrogens (primary N) is 1. The van der Waals surface area contributed by atoms with Gasteiger partial charge in [0.05, 0.1) is 11.2 Å². The van der Waals surface area contributed by atoms with Crippen LogP contribution in [0.15, 0.2) is 24.3 Å². The van der Waals surface area contributed by atoms with Crippen LogP contribution in [-0.2, 0) is 15.7 Å². The van der Waals surface area contributed by atoms with Crippen molar-refractivity contribution in [2.45, 2.75) is 45.3 Å². The highest BCUT2D eigenvalue weighted by Gasteiger charge is 2.51. The Balaban J connectivity index is 0.00000180. The summed E-state index contributed by atoms with van der Waals surface area (Å²) < 4.78 is 12.1. The van der Waals surface area contributed by atoms with E-state index in [1.807, 2.05) is 12.1 Å². The van der Waals surface area contributed by atoms with Gasteiger partial charge in [-0.15, -0.1) is 12.4 Å². The fourth-order valence-corrected chi connectivity index (χ4v) is 2.04. The molecule has 1 fully saturated rings. The normalized spacial score (nSPS) is 20.2. The number of rotatable bonds is 3. The second-order valence-electron chi connectivity index (χ2n) is 5.87. The summed E-state index contributed by atoms with van der Waals surface area (Å²) >= 11 is 0. The molecular formula is C14H23BClNO2. The van der Waals surface area contributed by atoms with Crippen LogP contribution in [0.2, 0.25) is 0 Å². The van der Waals surface area contributed by atoms with Gasteiger partial charge in [0.15, 0.2) is 0 Å². The quantitative estimate of drug-likeness (QED) is 0.862. The van der Waals surface area contributed by atoms with Crippen LogP contribution in [0.5, 0.6) is 0 Å². The van der Waals surface area contributed by atoms with E-state index >= 15 is 0 Å². The van der Waals surface area contributed by atoms with Crippen LogP contribution in [0.3, 0.4) is 0 Å². The van der Waals surface area contributed by atoms with Gasteiger partial charge in [0.2, 0.25) is 0 Å². The van der Waals surface area contributed by atoms with Crippen LogP contribution in [0.1, 0.15) is 33.3 Å². The third-order valence-electron chi connectivity index (χ3n) is 3.91. The van der Waals surface area contributed by atoms with Crippen LogP contribution in [0.4, 0.5) is 0 Å². The van der Waals surface area contributed by atoms with E-state index in [0.717, 1.165) is 11.9 Å². The largest absolute Gasteiger partial charge is 0.494 e. The molecule has 1 aromatic rings. The molecule has 2 rings (SSSR count). The van der Waals surface area contributed by atoms with Crippen molar-refractivity contribution < 1.29 is 9.31 Å². The highest BCUT2D eigenvalue weighted by Crippen LogP contribution is 2.36. The minimum atomic E-state index is -0.290. The number of hydrogen-bond acceptors (Lipinski definition) is 3. The Kier molecular flexibility index (Phi) is 5.07. The second kappa shape index (κ2) is 5.84. The predicted molar refractivity (Wildman–Crippen MR) is 82.2 cm³/mol. The van der Waals surface area contributed by atoms with Crippen molar-refractivity contribution in [3.63, 3.8) is 0 Å². The maximum Gasteiger partial charge on any atom is 0.494 e. The summed E-state index contributed by atoms with van der Waals surface area (Å²) in [5.74, 6) is 0. The Bertz CT molecular complexity index is 421. The molecule has 0 bridgehead atoms. The Morgan fingerprint density at radius 1 is 1.11 bits per heavy atom. The molecule has 0 atom stereocenters. The van der Waals surface area contributed by atoms with Gasteiger partial charge >= 0.3 is 7.12 Å². The zero-order valence-corrected chi connectivity index (χ0v) is 12.9. The third kappa shape index (κ3) is 3.32. The molecule has 5 heteroatoms. The van der Waals surface area contributed by atoms with Crippen LogP contribution < -0.4 is 11.2 Å². The first-order valence-electron chi connectivity index (χ1n) is 6.50. The molecule has 2 N–H and O–H groups in total. The van der Waals surface area contributed by atoms with Crippen molar-refractivity contribution in [1.82, 2.24) is 0 Å². The summed E-state index contributed by atoms with van der Waals surface area (Å²) in [7, 11) is -0.285. The molecule has 19 heavy (non-hydrogen) atoms. The summed E-state index contributed by atoms with van der Waals surface area (Å²) in [5, 5.41) is 0. The maximum absolute atomic E-state index is 6.03. The molecule has 0 saturated carbocycles. The Morgan fingerprint density at radius 2 is 1.68 bits per heavy atom. The van der Waals surface area contributed by atoms with Gasteiger partial charge in [-0.1, -0.05) is 24.3 Å². The van der Waals surface area contributed by atoms with Gasteiger partial charge in [-0.25, -0.2) is 0 Å². The molecule has 1 heterocycles. The summed E-state index contributed by atoms with van der Waals surface area (Å²) in [6.45, 7) is 8.92. The molecule has 1 aromatic carbocycles. The standard InChI is InChI=1S/C14H22BNO2.ClH/c1-13(2)14(3,4)18-15(17-13)12-7-5-6-11(10-12)8-9-16;/h5-7,10H,8-9,16H2,1-4H3;1H. The molecule has 1 aliphatic rings. The molecule has 1 aliphatic heterocycles. The molecular weight excluding hydrogens is 260 g/mol. The van der Waals surface area contributed by atoms with Crippen molar-refractivity contribution in [3.05, 3.63) is 29.8 Å². The van der Waals surface area contributed by atoms with Gasteiger partial charge in [0, 0.05) is 0 Å². The Labute approximate surface area is 122 Å². The lowest BCUT2D eigenvalue weighted by Crippen LogP contribution is -2.41. The summed E-state index contributed by atoms with van der Waals surface area (Å²) in [6.07, 6.45) is 0.882. The number of hydrogen-bond donors (Lipinski definition) is 1. The monoisotopic (exact) mass is 283 g/mol. The van der Waals surface area contributed by atoms with Gasteiger partial charge in [-0.05, 0) is 51.7 Å². The molecule has 0 aliphatic carbocycles. The molecule has 0 unspecified atom stereocenters. The van der Waals surface area contributed by atoms with Crippen LogP contribution in [0, 0.1) is 0 Å². The summed E-state index contributed by atoms with van der Waals surface area (Å²) in [6, 6.07) is 8.28.